The molecule has 13 N–H and O–H groups in total. The average molecular weight is 1940 g/mol. The van der Waals surface area contributed by atoms with E-state index in [0.29, 0.717) is 116 Å². The number of piperidine rings is 4. The monoisotopic (exact) mass is 1930 g/mol. The number of amides is 4. The number of nitrogens with one attached hydrogen (secondary N) is 12. The van der Waals surface area contributed by atoms with Crippen LogP contribution in [-0.4, -0.2) is 227 Å². The number of carbonyl (C=O) groups is 2. The highest BCUT2D eigenvalue weighted by atomic mass is 35.5. The van der Waals surface area contributed by atoms with E-state index in [-0.39, 0.29) is 53.2 Å². The van der Waals surface area contributed by atoms with Gasteiger partial charge in [0, 0.05) is 125 Å². The number of aryl methyl sites for hydroxylation is 10. The Morgan fingerprint density at radius 2 is 0.719 bits per heavy atom. The molecule has 33 nitrogen and oxygen atoms in total. The molecule has 135 heavy (non-hydrogen) atoms. The quantitative estimate of drug-likeness (QED) is 0.0265. The molecule has 0 radical (unpaired) electrons. The second-order valence-electron chi connectivity index (χ2n) is 34.9. The number of aromatic amines is 4. The van der Waals surface area contributed by atoms with E-state index in [1.807, 2.05) is 108 Å². The van der Waals surface area contributed by atoms with Crippen molar-refractivity contribution < 1.29 is 36.6 Å². The van der Waals surface area contributed by atoms with E-state index in [4.69, 9.17) is 46.4 Å². The maximum atomic E-state index is 15.1. The minimum atomic E-state index is -4.64. The zero-order valence-electron chi connectivity index (χ0n) is 78.1. The normalized spacial score (nSPS) is 15.4. The molecule has 4 saturated heterocycles. The van der Waals surface area contributed by atoms with Gasteiger partial charge in [-0.1, -0.05) is 71.9 Å². The number of hydrogen-bond acceptors (Lipinski definition) is 25. The summed E-state index contributed by atoms with van der Waals surface area (Å²) in [6.45, 7) is 28.0. The Kier molecular flexibility index (Phi) is 33.3. The van der Waals surface area contributed by atoms with E-state index >= 15 is 4.39 Å². The van der Waals surface area contributed by atoms with E-state index in [9.17, 15) is 32.3 Å². The van der Waals surface area contributed by atoms with Gasteiger partial charge in [-0.3, -0.25) is 25.3 Å². The molecule has 42 heteroatoms. The van der Waals surface area contributed by atoms with Crippen molar-refractivity contribution >= 4 is 152 Å². The topological polar surface area (TPSA) is 388 Å². The maximum Gasteiger partial charge on any atom is 0.415 e. The second-order valence-corrected chi connectivity index (χ2v) is 36.5. The van der Waals surface area contributed by atoms with E-state index in [0.717, 1.165) is 169 Å². The van der Waals surface area contributed by atoms with Gasteiger partial charge in [0.1, 0.15) is 31.7 Å². The minimum Gasteiger partial charge on any atom is -0.382 e. The Bertz CT molecular complexity index is 5920. The lowest BCUT2D eigenvalue weighted by Gasteiger charge is -2.38. The molecule has 12 heterocycles. The second kappa shape index (κ2) is 44.9. The molecule has 4 aliphatic heterocycles. The number of anilines is 16. The Balaban J connectivity index is 0.000000153. The highest BCUT2D eigenvalue weighted by molar-refractivity contribution is 6.34. The van der Waals surface area contributed by atoms with Crippen molar-refractivity contribution in [3.05, 3.63) is 208 Å². The van der Waals surface area contributed by atoms with Crippen LogP contribution in [0.3, 0.4) is 0 Å². The first-order chi connectivity index (χ1) is 64.3. The molecular weight excluding hydrogens is 1820 g/mol. The van der Waals surface area contributed by atoms with Crippen molar-refractivity contribution in [2.45, 2.75) is 170 Å². The van der Waals surface area contributed by atoms with Gasteiger partial charge in [0.05, 0.1) is 36.2 Å². The molecular formula is C93H115Cl4F5N30O3. The number of likely N-dealkylation sites (tertiary alicyclic amines) is 4. The lowest BCUT2D eigenvalue weighted by atomic mass is 9.85. The lowest BCUT2D eigenvalue weighted by molar-refractivity contribution is -0.210. The SMILES string of the molecule is CCN1CCC(c2cc(F)c(Nc3ncc(Cl)c(Nc4cc(C)[nH]n4)n3)cc2C)CC1.Cc1cc(Nc2nc(Nc3cc(C)c(C4CCCCN4C[C@@H](O)C(F)(F)F)cc3C)ncc2Cl)n[nH]1.Cc1cc(Nc2nc(Nc3cc(C)c(C4CCN(C(=O)N(C)C)CC4)cc3C)ncc2Cl)n[nH]1.Cc1cc(Nc2nc(Nc3cc(C)c(C4CCN(C(=O)N(C)C)CC4)cc3F)ncc2Cl)n[nH]1. The summed E-state index contributed by atoms with van der Waals surface area (Å²) in [5.41, 5.74) is 16.5. The molecule has 0 spiro atoms. The number of benzene rings is 4. The van der Waals surface area contributed by atoms with Gasteiger partial charge in [-0.2, -0.15) is 53.5 Å². The Morgan fingerprint density at radius 3 is 1.03 bits per heavy atom. The summed E-state index contributed by atoms with van der Waals surface area (Å²) in [7, 11) is 7.10. The maximum absolute atomic E-state index is 15.1. The number of aliphatic hydroxyl groups excluding tert-OH is 1. The molecule has 4 amide bonds. The predicted molar refractivity (Wildman–Crippen MR) is 521 cm³/mol. The number of β-amino-alcohol motifs (C(OH)–C–C–N with tert-alkyl or cyclic N) is 1. The van der Waals surface area contributed by atoms with Crippen molar-refractivity contribution in [3.8, 4) is 0 Å². The molecule has 16 rings (SSSR count). The number of alkyl halides is 3. The number of urea groups is 2. The number of aliphatic hydroxyl groups is 1. The summed E-state index contributed by atoms with van der Waals surface area (Å²) in [6.07, 6.45) is 7.09. The first-order valence-corrected chi connectivity index (χ1v) is 46.2. The first kappa shape index (κ1) is 100. The lowest BCUT2D eigenvalue weighted by Crippen LogP contribution is -2.44. The molecule has 0 aliphatic carbocycles. The summed E-state index contributed by atoms with van der Waals surface area (Å²) in [5.74, 6) is 5.57. The van der Waals surface area contributed by atoms with Crippen molar-refractivity contribution in [1.29, 1.82) is 0 Å². The molecule has 8 aromatic heterocycles. The number of halogens is 9. The zero-order valence-corrected chi connectivity index (χ0v) is 81.1. The zero-order chi connectivity index (χ0) is 96.8. The van der Waals surface area contributed by atoms with Crippen molar-refractivity contribution in [3.63, 3.8) is 0 Å². The first-order valence-electron chi connectivity index (χ1n) is 44.7. The molecule has 4 aromatic carbocycles. The van der Waals surface area contributed by atoms with Crippen molar-refractivity contribution in [2.75, 3.05) is 130 Å². The van der Waals surface area contributed by atoms with Gasteiger partial charge in [0.2, 0.25) is 23.8 Å². The number of H-pyrrole nitrogens is 4. The van der Waals surface area contributed by atoms with Crippen LogP contribution in [0, 0.1) is 80.9 Å². The smallest absolute Gasteiger partial charge is 0.382 e. The fraction of sp³-hybridized carbons (Fsp3) is 0.419. The van der Waals surface area contributed by atoms with Crippen LogP contribution >= 0.6 is 46.4 Å². The fourth-order valence-corrected chi connectivity index (χ4v) is 17.5. The fourth-order valence-electron chi connectivity index (χ4n) is 16.9. The highest BCUT2D eigenvalue weighted by Gasteiger charge is 2.41. The molecule has 4 aliphatic rings. The summed E-state index contributed by atoms with van der Waals surface area (Å²) in [6, 6.07) is 22.4. The summed E-state index contributed by atoms with van der Waals surface area (Å²) in [4.78, 5) is 70.3. The average Bonchev–Trinajstić information content (AvgIpc) is 1.39. The molecule has 4 fully saturated rings. The van der Waals surface area contributed by atoms with E-state index < -0.39 is 18.8 Å². The van der Waals surface area contributed by atoms with E-state index in [1.165, 1.54) is 29.7 Å². The molecule has 0 saturated carbocycles. The standard InChI is InChI=1S/C24H29ClF3N7O.C24H31ClN8O.C23H28ClFN8O.C22H27ClFN7/c1-13-9-18(30-23-29-11-17(25)22(32-23)31-21-10-15(3)33-34-21)14(2)8-16(13)19-6-4-5-7-35(19)12-20(36)24(26,27)28;1-14-11-20(15(2)10-18(14)17-6-8-33(9-7-17)24(34)32(4)5)27-23-26-13-19(25)22(29-23)28-21-12-16(3)30-31-21;1-13-9-19(18(25)11-16(13)15-5-7-33(8-6-15)23(34)32(3)4)27-22-26-12-17(24)21(29-22)28-20-10-14(2)30-31-20;1-4-31-7-5-15(6-8-31)16-11-18(24)19(9-13(16)2)26-22-25-12-17(23)21(28-22)27-20-10-14(3)29-30-20/h8-11,19-20,36H,4-7,12H2,1-3H3,(H3,29,30,31,32,33,34);10-13,17H,6-9H2,1-5H3,(H3,26,27,28,29,30,31);9-12,15H,5-8H2,1-4H3,(H3,26,27,28,29,30,31);9-12,15H,4-8H2,1-3H3,(H3,25,26,27,28,29,30)/t19?,20-;;;/m1.../s1. The van der Waals surface area contributed by atoms with Gasteiger partial charge in [0.25, 0.3) is 0 Å². The third kappa shape index (κ3) is 26.4. The number of nitrogens with zero attached hydrogens (tertiary/aromatic N) is 18. The van der Waals surface area contributed by atoms with Crippen LogP contribution in [0.1, 0.15) is 167 Å². The highest BCUT2D eigenvalue weighted by Crippen LogP contribution is 2.42. The van der Waals surface area contributed by atoms with E-state index in [2.05, 4.69) is 161 Å². The number of rotatable bonds is 23. The Hall–Kier alpha value is -12.3. The molecule has 2 atom stereocenters. The third-order valence-corrected chi connectivity index (χ3v) is 25.2. The molecule has 718 valence electrons. The number of carbonyl (C=O) groups excluding carboxylic acids is 2. The van der Waals surface area contributed by atoms with Gasteiger partial charge >= 0.3 is 18.2 Å². The van der Waals surface area contributed by atoms with Crippen LogP contribution in [0.5, 0.6) is 0 Å². The van der Waals surface area contributed by atoms with Gasteiger partial charge in [-0.25, -0.2) is 38.3 Å². The van der Waals surface area contributed by atoms with Gasteiger partial charge in [0.15, 0.2) is 52.6 Å². The van der Waals surface area contributed by atoms with E-state index in [1.54, 1.807) is 67.3 Å². The molecule has 0 bridgehead atoms. The van der Waals surface area contributed by atoms with Crippen LogP contribution in [0.25, 0.3) is 0 Å². The van der Waals surface area contributed by atoms with Crippen molar-refractivity contribution in [1.82, 2.24) is 110 Å². The van der Waals surface area contributed by atoms with Crippen LogP contribution in [0.4, 0.5) is 125 Å². The van der Waals surface area contributed by atoms with Gasteiger partial charge in [-0.05, 0) is 257 Å². The summed E-state index contributed by atoms with van der Waals surface area (Å²) in [5, 5.41) is 63.7. The summed E-state index contributed by atoms with van der Waals surface area (Å²) < 4.78 is 69.0. The third-order valence-electron chi connectivity index (χ3n) is 24.1. The van der Waals surface area contributed by atoms with Crippen LogP contribution in [0.2, 0.25) is 20.1 Å². The Morgan fingerprint density at radius 1 is 0.415 bits per heavy atom. The van der Waals surface area contributed by atoms with Crippen LogP contribution < -0.4 is 42.5 Å². The van der Waals surface area contributed by atoms with Crippen LogP contribution in [0.15, 0.2) is 97.6 Å². The largest absolute Gasteiger partial charge is 0.415 e. The summed E-state index contributed by atoms with van der Waals surface area (Å²) >= 11 is 25.0. The minimum absolute atomic E-state index is 0.0140. The van der Waals surface area contributed by atoms with Gasteiger partial charge < -0.3 is 72.1 Å². The molecule has 12 aromatic rings. The Labute approximate surface area is 800 Å². The number of hydrogen-bond donors (Lipinski definition) is 13. The van der Waals surface area contributed by atoms with Crippen molar-refractivity contribution in [2.24, 2.45) is 0 Å². The van der Waals surface area contributed by atoms with Gasteiger partial charge in [-0.15, -0.1) is 0 Å². The van der Waals surface area contributed by atoms with Crippen LogP contribution in [-0.2, 0) is 0 Å². The molecule has 1 unspecified atom stereocenters. The predicted octanol–water partition coefficient (Wildman–Crippen LogP) is 21.1. The number of aromatic nitrogens is 16.